The topological polar surface area (TPSA) is 40.5 Å². The highest BCUT2D eigenvalue weighted by Gasteiger charge is 2.21. The number of aryl methyl sites for hydroxylation is 1. The highest BCUT2D eigenvalue weighted by molar-refractivity contribution is 6.88. The Morgan fingerprint density at radius 2 is 1.83 bits per heavy atom. The SMILES string of the molecule is C#CN(c1ccc([Si](C)(C)C)cc1C)c1cc(F)ccc1C(=O)O. The quantitative estimate of drug-likeness (QED) is 0.517. The molecule has 0 aliphatic rings. The van der Waals surface area contributed by atoms with Crippen molar-refractivity contribution >= 4 is 30.6 Å². The first-order valence-electron chi connectivity index (χ1n) is 7.55. The first-order chi connectivity index (χ1) is 11.1. The molecule has 24 heavy (non-hydrogen) atoms. The van der Waals surface area contributed by atoms with Crippen LogP contribution in [0.2, 0.25) is 19.6 Å². The lowest BCUT2D eigenvalue weighted by Gasteiger charge is -2.24. The van der Waals surface area contributed by atoms with Gasteiger partial charge in [0.25, 0.3) is 0 Å². The number of benzene rings is 2. The molecule has 0 unspecified atom stereocenters. The Morgan fingerprint density at radius 3 is 2.33 bits per heavy atom. The fraction of sp³-hybridized carbons (Fsp3) is 0.211. The Morgan fingerprint density at radius 1 is 1.17 bits per heavy atom. The van der Waals surface area contributed by atoms with Gasteiger partial charge in [-0.15, -0.1) is 0 Å². The summed E-state index contributed by atoms with van der Waals surface area (Å²) in [4.78, 5) is 12.8. The number of anilines is 2. The second-order valence-corrected chi connectivity index (χ2v) is 11.8. The Bertz CT molecular complexity index is 834. The third kappa shape index (κ3) is 3.49. The van der Waals surface area contributed by atoms with Crippen molar-refractivity contribution in [1.82, 2.24) is 0 Å². The molecule has 3 nitrogen and oxygen atoms in total. The Kier molecular flexibility index (Phi) is 4.81. The van der Waals surface area contributed by atoms with Crippen LogP contribution in [0.3, 0.4) is 0 Å². The van der Waals surface area contributed by atoms with Gasteiger partial charge in [0, 0.05) is 6.04 Å². The van der Waals surface area contributed by atoms with Crippen LogP contribution in [-0.4, -0.2) is 19.1 Å². The largest absolute Gasteiger partial charge is 0.478 e. The molecule has 0 aromatic heterocycles. The minimum absolute atomic E-state index is 0.0389. The van der Waals surface area contributed by atoms with Gasteiger partial charge in [0.2, 0.25) is 0 Å². The van der Waals surface area contributed by atoms with E-state index in [2.05, 4.69) is 31.8 Å². The molecule has 2 rings (SSSR count). The van der Waals surface area contributed by atoms with Gasteiger partial charge in [-0.3, -0.25) is 4.90 Å². The second-order valence-electron chi connectivity index (χ2n) is 6.68. The van der Waals surface area contributed by atoms with Gasteiger partial charge in [0.15, 0.2) is 0 Å². The zero-order valence-corrected chi connectivity index (χ0v) is 15.2. The van der Waals surface area contributed by atoms with E-state index in [0.29, 0.717) is 5.69 Å². The van der Waals surface area contributed by atoms with Gasteiger partial charge in [0.1, 0.15) is 5.82 Å². The molecule has 0 bridgehead atoms. The lowest BCUT2D eigenvalue weighted by Crippen LogP contribution is -2.37. The minimum Gasteiger partial charge on any atom is -0.478 e. The van der Waals surface area contributed by atoms with Gasteiger partial charge in [-0.25, -0.2) is 9.18 Å². The summed E-state index contributed by atoms with van der Waals surface area (Å²) in [6, 6.07) is 11.9. The molecule has 0 radical (unpaired) electrons. The molecule has 0 aliphatic carbocycles. The van der Waals surface area contributed by atoms with E-state index in [-0.39, 0.29) is 11.3 Å². The van der Waals surface area contributed by atoms with Gasteiger partial charge in [-0.05, 0) is 36.8 Å². The zero-order chi connectivity index (χ0) is 18.1. The molecule has 0 spiro atoms. The Labute approximate surface area is 142 Å². The molecule has 0 amide bonds. The molecular weight excluding hydrogens is 321 g/mol. The molecule has 2 aromatic carbocycles. The van der Waals surface area contributed by atoms with Crippen molar-refractivity contribution in [1.29, 1.82) is 0 Å². The first kappa shape index (κ1) is 17.8. The highest BCUT2D eigenvalue weighted by Crippen LogP contribution is 2.31. The van der Waals surface area contributed by atoms with Crippen molar-refractivity contribution in [2.45, 2.75) is 26.6 Å². The van der Waals surface area contributed by atoms with Crippen molar-refractivity contribution in [3.8, 4) is 12.5 Å². The standard InChI is InChI=1S/C19H20FNO2Si/c1-6-21(18-12-14(20)7-9-16(18)19(22)23)17-10-8-15(11-13(17)2)24(3,4)5/h1,7-12H,2-5H3,(H,22,23). The van der Waals surface area contributed by atoms with Crippen LogP contribution in [0.25, 0.3) is 0 Å². The molecule has 0 saturated heterocycles. The summed E-state index contributed by atoms with van der Waals surface area (Å²) < 4.78 is 13.7. The van der Waals surface area contributed by atoms with Crippen molar-refractivity contribution in [3.63, 3.8) is 0 Å². The van der Waals surface area contributed by atoms with Crippen LogP contribution in [0.5, 0.6) is 0 Å². The van der Waals surface area contributed by atoms with Crippen molar-refractivity contribution in [3.05, 3.63) is 53.3 Å². The van der Waals surface area contributed by atoms with Crippen LogP contribution in [-0.2, 0) is 0 Å². The van der Waals surface area contributed by atoms with Gasteiger partial charge in [0.05, 0.1) is 25.0 Å². The molecular formula is C19H20FNO2Si. The maximum Gasteiger partial charge on any atom is 0.337 e. The normalized spacial score (nSPS) is 11.0. The lowest BCUT2D eigenvalue weighted by atomic mass is 10.1. The van der Waals surface area contributed by atoms with Crippen LogP contribution in [0, 0.1) is 25.2 Å². The number of hydrogen-bond acceptors (Lipinski definition) is 2. The number of terminal acetylenes is 1. The number of nitrogens with zero attached hydrogens (tertiary/aromatic N) is 1. The van der Waals surface area contributed by atoms with Crippen molar-refractivity contribution in [2.24, 2.45) is 0 Å². The van der Waals surface area contributed by atoms with Crippen molar-refractivity contribution < 1.29 is 14.3 Å². The second kappa shape index (κ2) is 6.50. The average molecular weight is 341 g/mol. The number of carboxylic acids is 1. The third-order valence-electron chi connectivity index (χ3n) is 3.86. The molecule has 0 fully saturated rings. The smallest absolute Gasteiger partial charge is 0.337 e. The van der Waals surface area contributed by atoms with E-state index in [0.717, 1.165) is 17.7 Å². The van der Waals surface area contributed by atoms with E-state index in [1.54, 1.807) is 0 Å². The van der Waals surface area contributed by atoms with Crippen LogP contribution < -0.4 is 10.1 Å². The maximum atomic E-state index is 13.7. The van der Waals surface area contributed by atoms with E-state index < -0.39 is 19.9 Å². The highest BCUT2D eigenvalue weighted by atomic mass is 28.3. The molecule has 124 valence electrons. The van der Waals surface area contributed by atoms with Gasteiger partial charge >= 0.3 is 5.97 Å². The Balaban J connectivity index is 2.61. The number of rotatable bonds is 4. The predicted octanol–water partition coefficient (Wildman–Crippen LogP) is 4.11. The predicted molar refractivity (Wildman–Crippen MR) is 98.5 cm³/mol. The molecule has 0 saturated carbocycles. The summed E-state index contributed by atoms with van der Waals surface area (Å²) in [6.45, 7) is 8.66. The summed E-state index contributed by atoms with van der Waals surface area (Å²) in [6.07, 6.45) is 5.62. The number of carbonyl (C=O) groups is 1. The maximum absolute atomic E-state index is 13.7. The van der Waals surface area contributed by atoms with E-state index >= 15 is 0 Å². The van der Waals surface area contributed by atoms with E-state index in [4.69, 9.17) is 6.42 Å². The summed E-state index contributed by atoms with van der Waals surface area (Å²) in [7, 11) is -1.47. The summed E-state index contributed by atoms with van der Waals surface area (Å²) in [5, 5.41) is 10.6. The van der Waals surface area contributed by atoms with Gasteiger partial charge in [-0.1, -0.05) is 43.4 Å². The fourth-order valence-corrected chi connectivity index (χ4v) is 3.75. The van der Waals surface area contributed by atoms with E-state index in [9.17, 15) is 14.3 Å². The molecule has 0 heterocycles. The molecule has 0 aliphatic heterocycles. The number of halogens is 1. The van der Waals surface area contributed by atoms with Gasteiger partial charge < -0.3 is 5.11 Å². The van der Waals surface area contributed by atoms with Crippen molar-refractivity contribution in [2.75, 3.05) is 4.90 Å². The number of carboxylic acid groups (broad SMARTS) is 1. The third-order valence-corrected chi connectivity index (χ3v) is 5.91. The number of hydrogen-bond donors (Lipinski definition) is 1. The van der Waals surface area contributed by atoms with Gasteiger partial charge in [-0.2, -0.15) is 0 Å². The monoisotopic (exact) mass is 341 g/mol. The van der Waals surface area contributed by atoms with E-state index in [1.807, 2.05) is 19.1 Å². The molecule has 0 atom stereocenters. The lowest BCUT2D eigenvalue weighted by molar-refractivity contribution is 0.0697. The van der Waals surface area contributed by atoms with Crippen LogP contribution in [0.1, 0.15) is 15.9 Å². The minimum atomic E-state index is -1.47. The number of aromatic carboxylic acids is 1. The molecule has 5 heteroatoms. The summed E-state index contributed by atoms with van der Waals surface area (Å²) in [5.41, 5.74) is 1.71. The van der Waals surface area contributed by atoms with Crippen LogP contribution in [0.4, 0.5) is 15.8 Å². The molecule has 1 N–H and O–H groups in total. The first-order valence-corrected chi connectivity index (χ1v) is 11.1. The van der Waals surface area contributed by atoms with Crippen LogP contribution >= 0.6 is 0 Å². The zero-order valence-electron chi connectivity index (χ0n) is 14.2. The summed E-state index contributed by atoms with van der Waals surface area (Å²) in [5.74, 6) is -1.69. The average Bonchev–Trinajstić information content (AvgIpc) is 2.48. The molecule has 2 aromatic rings. The van der Waals surface area contributed by atoms with Crippen LogP contribution in [0.15, 0.2) is 36.4 Å². The summed E-state index contributed by atoms with van der Waals surface area (Å²) >= 11 is 0. The fourth-order valence-electron chi connectivity index (χ4n) is 2.51. The van der Waals surface area contributed by atoms with E-state index in [1.165, 1.54) is 16.2 Å². The Hall–Kier alpha value is -2.58.